The van der Waals surface area contributed by atoms with Crippen molar-refractivity contribution in [2.45, 2.75) is 6.54 Å². The fraction of sp³-hybridized carbons (Fsp3) is 0.0625. The molecule has 0 fully saturated rings. The number of hydrogen-bond acceptors (Lipinski definition) is 5. The highest BCUT2D eigenvalue weighted by Crippen LogP contribution is 2.35. The van der Waals surface area contributed by atoms with Gasteiger partial charge in [-0.05, 0) is 6.07 Å². The van der Waals surface area contributed by atoms with Crippen LogP contribution in [0, 0.1) is 5.82 Å². The molecule has 4 N–H and O–H groups in total. The van der Waals surface area contributed by atoms with Crippen LogP contribution in [0.3, 0.4) is 0 Å². The lowest BCUT2D eigenvalue weighted by molar-refractivity contribution is 0.0946. The third-order valence-corrected chi connectivity index (χ3v) is 4.16. The van der Waals surface area contributed by atoms with Crippen LogP contribution in [0.15, 0.2) is 30.6 Å². The van der Waals surface area contributed by atoms with Crippen molar-refractivity contribution in [1.29, 1.82) is 0 Å². The Labute approximate surface area is 167 Å². The molecule has 1 aromatic carbocycles. The number of aromatic amines is 1. The monoisotopic (exact) mass is 429 g/mol. The van der Waals surface area contributed by atoms with Gasteiger partial charge in [-0.3, -0.25) is 4.79 Å². The molecular weight excluding hydrogens is 420 g/mol. The lowest BCUT2D eigenvalue weighted by Crippen LogP contribution is -2.24. The number of H-pyrrole nitrogens is 1. The molecule has 0 unspecified atom stereocenters. The molecule has 0 aliphatic rings. The predicted octanol–water partition coefficient (Wildman–Crippen LogP) is 4.21. The number of nitrogens with one attached hydrogen (secondary N) is 2. The normalized spacial score (nSPS) is 10.7. The van der Waals surface area contributed by atoms with Crippen LogP contribution in [0.4, 0.5) is 10.2 Å². The molecule has 1 amide bonds. The lowest BCUT2D eigenvalue weighted by Gasteiger charge is -2.13. The minimum absolute atomic E-state index is 0.00409. The summed E-state index contributed by atoms with van der Waals surface area (Å²) in [6.45, 7) is -0.138. The third-order valence-electron chi connectivity index (χ3n) is 3.38. The summed E-state index contributed by atoms with van der Waals surface area (Å²) in [6.07, 6.45) is 1.28. The Morgan fingerprint density at radius 3 is 2.74 bits per heavy atom. The van der Waals surface area contributed by atoms with Crippen molar-refractivity contribution in [2.24, 2.45) is 0 Å². The van der Waals surface area contributed by atoms with Gasteiger partial charge in [-0.15, -0.1) is 0 Å². The largest absolute Gasteiger partial charge is 0.452 e. The van der Waals surface area contributed by atoms with E-state index < -0.39 is 11.7 Å². The highest BCUT2D eigenvalue weighted by molar-refractivity contribution is 6.32. The fourth-order valence-electron chi connectivity index (χ4n) is 2.17. The van der Waals surface area contributed by atoms with Gasteiger partial charge >= 0.3 is 0 Å². The molecule has 0 bridgehead atoms. The Morgan fingerprint density at radius 1 is 1.30 bits per heavy atom. The maximum atomic E-state index is 14.8. The number of nitrogen functional groups attached to an aromatic ring is 1. The van der Waals surface area contributed by atoms with Crippen molar-refractivity contribution in [2.75, 3.05) is 5.73 Å². The Bertz CT molecular complexity index is 991. The van der Waals surface area contributed by atoms with Gasteiger partial charge in [0.25, 0.3) is 5.91 Å². The van der Waals surface area contributed by atoms with Crippen LogP contribution in [0.1, 0.15) is 16.1 Å². The first-order chi connectivity index (χ1) is 12.8. The number of ether oxygens (including phenoxy) is 1. The number of rotatable bonds is 5. The number of pyridine rings is 1. The van der Waals surface area contributed by atoms with Gasteiger partial charge in [0.2, 0.25) is 0 Å². The lowest BCUT2D eigenvalue weighted by atomic mass is 10.2. The second kappa shape index (κ2) is 7.99. The van der Waals surface area contributed by atoms with E-state index in [2.05, 4.69) is 20.3 Å². The smallest absolute Gasteiger partial charge is 0.273 e. The molecule has 7 nitrogen and oxygen atoms in total. The number of nitrogens with zero attached hydrogens (tertiary/aromatic N) is 2. The number of benzene rings is 1. The molecule has 3 rings (SSSR count). The first-order valence-corrected chi connectivity index (χ1v) is 8.53. The summed E-state index contributed by atoms with van der Waals surface area (Å²) in [5.74, 6) is -1.27. The van der Waals surface area contributed by atoms with Crippen LogP contribution >= 0.6 is 34.8 Å². The van der Waals surface area contributed by atoms with E-state index in [-0.39, 0.29) is 50.4 Å². The Morgan fingerprint density at radius 2 is 2.07 bits per heavy atom. The number of anilines is 1. The van der Waals surface area contributed by atoms with E-state index in [9.17, 15) is 9.18 Å². The molecule has 2 aromatic heterocycles. The van der Waals surface area contributed by atoms with Crippen molar-refractivity contribution >= 4 is 46.5 Å². The van der Waals surface area contributed by atoms with Gasteiger partial charge in [0, 0.05) is 24.2 Å². The van der Waals surface area contributed by atoms with Crippen LogP contribution < -0.4 is 15.8 Å². The summed E-state index contributed by atoms with van der Waals surface area (Å²) in [7, 11) is 0. The van der Waals surface area contributed by atoms with Gasteiger partial charge in [-0.1, -0.05) is 40.9 Å². The SMILES string of the molecule is Nc1cc(Oc2c(Cl)ccc(CNC(=O)c3nc[nH]c3Cl)c2F)cc(Cl)n1. The molecule has 3 aromatic rings. The first kappa shape index (κ1) is 19.2. The zero-order valence-electron chi connectivity index (χ0n) is 13.4. The van der Waals surface area contributed by atoms with E-state index in [4.69, 9.17) is 45.3 Å². The van der Waals surface area contributed by atoms with Crippen LogP contribution in [0.25, 0.3) is 0 Å². The van der Waals surface area contributed by atoms with E-state index in [0.29, 0.717) is 0 Å². The highest BCUT2D eigenvalue weighted by atomic mass is 35.5. The number of halogens is 4. The number of carbonyl (C=O) groups is 1. The summed E-state index contributed by atoms with van der Waals surface area (Å²) in [6, 6.07) is 5.59. The zero-order chi connectivity index (χ0) is 19.6. The Hall–Kier alpha value is -2.55. The van der Waals surface area contributed by atoms with Gasteiger partial charge in [0.15, 0.2) is 17.3 Å². The molecule has 0 saturated heterocycles. The van der Waals surface area contributed by atoms with Crippen molar-refractivity contribution in [3.63, 3.8) is 0 Å². The van der Waals surface area contributed by atoms with Gasteiger partial charge in [0.1, 0.15) is 21.9 Å². The molecule has 0 spiro atoms. The first-order valence-electron chi connectivity index (χ1n) is 7.40. The molecule has 0 radical (unpaired) electrons. The summed E-state index contributed by atoms with van der Waals surface area (Å²) in [4.78, 5) is 22.2. The van der Waals surface area contributed by atoms with Crippen molar-refractivity contribution in [1.82, 2.24) is 20.3 Å². The van der Waals surface area contributed by atoms with Gasteiger partial charge in [-0.2, -0.15) is 0 Å². The summed E-state index contributed by atoms with van der Waals surface area (Å²) in [5, 5.41) is 2.72. The second-order valence-corrected chi connectivity index (χ2v) is 6.42. The minimum Gasteiger partial charge on any atom is -0.452 e. The third kappa shape index (κ3) is 4.41. The van der Waals surface area contributed by atoms with E-state index in [1.807, 2.05) is 0 Å². The maximum Gasteiger partial charge on any atom is 0.273 e. The van der Waals surface area contributed by atoms with Crippen LogP contribution in [-0.2, 0) is 6.54 Å². The Kier molecular flexibility index (Phi) is 5.69. The van der Waals surface area contributed by atoms with Crippen molar-refractivity contribution in [3.8, 4) is 11.5 Å². The molecule has 0 atom stereocenters. The topological polar surface area (TPSA) is 106 Å². The average molecular weight is 431 g/mol. The predicted molar refractivity (Wildman–Crippen MR) is 99.9 cm³/mol. The van der Waals surface area contributed by atoms with Crippen molar-refractivity contribution < 1.29 is 13.9 Å². The van der Waals surface area contributed by atoms with Crippen molar-refractivity contribution in [3.05, 3.63) is 63.0 Å². The van der Waals surface area contributed by atoms with E-state index in [1.54, 1.807) is 0 Å². The van der Waals surface area contributed by atoms with E-state index in [0.717, 1.165) is 0 Å². The zero-order valence-corrected chi connectivity index (χ0v) is 15.7. The highest BCUT2D eigenvalue weighted by Gasteiger charge is 2.18. The van der Waals surface area contributed by atoms with E-state index >= 15 is 0 Å². The number of carbonyl (C=O) groups excluding carboxylic acids is 1. The molecule has 140 valence electrons. The standard InChI is InChI=1S/C16H11Cl3FN5O2/c17-9-2-1-7(5-22-16(26)13-15(19)24-6-23-13)12(20)14(9)27-8-3-10(18)25-11(21)4-8/h1-4,6H,5H2,(H2,21,25)(H,22,26)(H,23,24). The number of nitrogens with two attached hydrogens (primary N) is 1. The summed E-state index contributed by atoms with van der Waals surface area (Å²) in [5.41, 5.74) is 5.73. The molecular formula is C16H11Cl3FN5O2. The van der Waals surface area contributed by atoms with Crippen LogP contribution in [0.5, 0.6) is 11.5 Å². The fourth-order valence-corrected chi connectivity index (χ4v) is 2.74. The minimum atomic E-state index is -0.748. The van der Waals surface area contributed by atoms with Gasteiger partial charge in [0.05, 0.1) is 11.3 Å². The van der Waals surface area contributed by atoms with Gasteiger partial charge in [-0.25, -0.2) is 14.4 Å². The molecule has 0 aliphatic heterocycles. The number of amides is 1. The van der Waals surface area contributed by atoms with E-state index in [1.165, 1.54) is 30.6 Å². The quantitative estimate of drug-likeness (QED) is 0.526. The van der Waals surface area contributed by atoms with Gasteiger partial charge < -0.3 is 20.8 Å². The van der Waals surface area contributed by atoms with Crippen LogP contribution in [-0.4, -0.2) is 20.9 Å². The summed E-state index contributed by atoms with van der Waals surface area (Å²) < 4.78 is 20.3. The number of aromatic nitrogens is 3. The van der Waals surface area contributed by atoms with Crippen LogP contribution in [0.2, 0.25) is 15.3 Å². The molecule has 0 saturated carbocycles. The molecule has 0 aliphatic carbocycles. The number of imidazole rings is 1. The maximum absolute atomic E-state index is 14.8. The molecule has 11 heteroatoms. The second-order valence-electron chi connectivity index (χ2n) is 5.25. The average Bonchev–Trinajstić information content (AvgIpc) is 3.03. The summed E-state index contributed by atoms with van der Waals surface area (Å²) >= 11 is 17.6. The molecule has 2 heterocycles. The number of hydrogen-bond donors (Lipinski definition) is 3. The molecule has 27 heavy (non-hydrogen) atoms. The Balaban J connectivity index is 1.81.